The molecule has 0 N–H and O–H groups in total. The summed E-state index contributed by atoms with van der Waals surface area (Å²) in [5.74, 6) is -1.24. The number of hydrogen-bond donors (Lipinski definition) is 0. The van der Waals surface area contributed by atoms with Crippen LogP contribution in [0.1, 0.15) is 58.9 Å². The van der Waals surface area contributed by atoms with Crippen molar-refractivity contribution in [3.05, 3.63) is 47.2 Å². The van der Waals surface area contributed by atoms with Crippen molar-refractivity contribution in [3.63, 3.8) is 0 Å². The highest BCUT2D eigenvalue weighted by molar-refractivity contribution is 6.63. The lowest BCUT2D eigenvalue weighted by atomic mass is 9.76. The van der Waals surface area contributed by atoms with Crippen LogP contribution in [0.25, 0.3) is 0 Å². The van der Waals surface area contributed by atoms with Gasteiger partial charge in [0.1, 0.15) is 12.0 Å². The van der Waals surface area contributed by atoms with Crippen LogP contribution < -0.4 is 10.2 Å². The second-order valence-corrected chi connectivity index (χ2v) is 8.13. The molecule has 0 unspecified atom stereocenters. The summed E-state index contributed by atoms with van der Waals surface area (Å²) in [4.78, 5) is 39.7. The highest BCUT2D eigenvalue weighted by Crippen LogP contribution is 2.37. The van der Waals surface area contributed by atoms with E-state index in [-0.39, 0.29) is 17.1 Å². The number of rotatable bonds is 6. The molecule has 2 aromatic rings. The molecule has 0 spiro atoms. The molecule has 1 saturated heterocycles. The number of esters is 2. The second kappa shape index (κ2) is 8.72. The van der Waals surface area contributed by atoms with E-state index in [0.717, 1.165) is 0 Å². The zero-order valence-corrected chi connectivity index (χ0v) is 18.8. The third kappa shape index (κ3) is 4.37. The summed E-state index contributed by atoms with van der Waals surface area (Å²) in [5, 5.41) is 0. The largest absolute Gasteiger partial charge is 0.495 e. The molecular weight excluding hydrogens is 417 g/mol. The number of carbonyl (C=O) groups is 3. The summed E-state index contributed by atoms with van der Waals surface area (Å²) in [6.45, 7) is 7.70. The van der Waals surface area contributed by atoms with E-state index in [9.17, 15) is 14.4 Å². The van der Waals surface area contributed by atoms with Gasteiger partial charge in [-0.3, -0.25) is 4.79 Å². The van der Waals surface area contributed by atoms with Gasteiger partial charge in [0.05, 0.1) is 31.0 Å². The van der Waals surface area contributed by atoms with Crippen molar-refractivity contribution in [2.75, 3.05) is 14.2 Å². The van der Waals surface area contributed by atoms with E-state index in [1.54, 1.807) is 12.1 Å². The molecule has 3 rings (SSSR count). The van der Waals surface area contributed by atoms with Crippen LogP contribution in [-0.2, 0) is 18.8 Å². The Kier molecular flexibility index (Phi) is 6.38. The predicted molar refractivity (Wildman–Crippen MR) is 115 cm³/mol. The molecule has 1 fully saturated rings. The molecule has 0 radical (unpaired) electrons. The number of aromatic nitrogens is 1. The fourth-order valence-corrected chi connectivity index (χ4v) is 3.05. The molecule has 0 amide bonds. The number of carbonyl (C=O) groups excluding carboxylic acids is 3. The first-order valence-corrected chi connectivity index (χ1v) is 9.83. The minimum atomic E-state index is -0.819. The van der Waals surface area contributed by atoms with E-state index >= 15 is 0 Å². The van der Waals surface area contributed by atoms with Crippen molar-refractivity contribution in [1.29, 1.82) is 0 Å². The van der Waals surface area contributed by atoms with Crippen LogP contribution >= 0.6 is 0 Å². The van der Waals surface area contributed by atoms with Crippen LogP contribution in [0.15, 0.2) is 30.3 Å². The molecule has 9 nitrogen and oxygen atoms in total. The first kappa shape index (κ1) is 23.4. The summed E-state index contributed by atoms with van der Waals surface area (Å²) in [5.41, 5.74) is -0.529. The molecule has 0 saturated carbocycles. The number of benzene rings is 1. The average molecular weight is 441 g/mol. The van der Waals surface area contributed by atoms with Crippen LogP contribution in [0.2, 0.25) is 0 Å². The number of pyridine rings is 1. The highest BCUT2D eigenvalue weighted by Gasteiger charge is 2.52. The van der Waals surface area contributed by atoms with Gasteiger partial charge in [0.25, 0.3) is 0 Å². The Balaban J connectivity index is 1.90. The van der Waals surface area contributed by atoms with Gasteiger partial charge in [-0.1, -0.05) is 6.07 Å². The van der Waals surface area contributed by atoms with Crippen molar-refractivity contribution in [2.24, 2.45) is 0 Å². The molecule has 1 aromatic heterocycles. The lowest BCUT2D eigenvalue weighted by Crippen LogP contribution is -2.41. The summed E-state index contributed by atoms with van der Waals surface area (Å²) in [6.07, 6.45) is 0.681. The Labute approximate surface area is 186 Å². The van der Waals surface area contributed by atoms with Crippen molar-refractivity contribution < 1.29 is 37.9 Å². The number of methoxy groups -OCH3 is 2. The van der Waals surface area contributed by atoms with Crippen LogP contribution in [0.4, 0.5) is 0 Å². The average Bonchev–Trinajstić information content (AvgIpc) is 2.99. The van der Waals surface area contributed by atoms with Gasteiger partial charge >= 0.3 is 19.1 Å². The second-order valence-electron chi connectivity index (χ2n) is 8.13. The first-order chi connectivity index (χ1) is 15.0. The van der Waals surface area contributed by atoms with E-state index in [1.807, 2.05) is 27.7 Å². The van der Waals surface area contributed by atoms with E-state index in [1.165, 1.54) is 32.4 Å². The van der Waals surface area contributed by atoms with Crippen molar-refractivity contribution >= 4 is 30.8 Å². The summed E-state index contributed by atoms with van der Waals surface area (Å²) < 4.78 is 27.1. The van der Waals surface area contributed by atoms with Crippen LogP contribution in [0.3, 0.4) is 0 Å². The maximum absolute atomic E-state index is 12.0. The Bertz CT molecular complexity index is 1050. The quantitative estimate of drug-likeness (QED) is 0.379. The van der Waals surface area contributed by atoms with Crippen molar-refractivity contribution in [2.45, 2.75) is 38.9 Å². The molecule has 0 atom stereocenters. The van der Waals surface area contributed by atoms with Gasteiger partial charge in [-0.15, -0.1) is 0 Å². The Morgan fingerprint density at radius 1 is 0.969 bits per heavy atom. The topological polar surface area (TPSA) is 110 Å². The molecule has 168 valence electrons. The molecule has 2 heterocycles. The smallest absolute Gasteiger partial charge is 0.465 e. The minimum Gasteiger partial charge on any atom is -0.465 e. The molecule has 32 heavy (non-hydrogen) atoms. The van der Waals surface area contributed by atoms with Crippen molar-refractivity contribution in [3.8, 4) is 11.6 Å². The minimum absolute atomic E-state index is 0.0262. The SMILES string of the molecule is COC(=O)c1ccc(Oc2ccc(B3OC(C)(C)C(C)(C)O3)c(C=O)c2)nc1C(=O)OC. The molecule has 1 aromatic carbocycles. The van der Waals surface area contributed by atoms with Gasteiger partial charge in [0.15, 0.2) is 5.69 Å². The van der Waals surface area contributed by atoms with Crippen LogP contribution in [0.5, 0.6) is 11.6 Å². The first-order valence-electron chi connectivity index (χ1n) is 9.83. The lowest BCUT2D eigenvalue weighted by Gasteiger charge is -2.32. The van der Waals surface area contributed by atoms with E-state index < -0.39 is 30.3 Å². The fourth-order valence-electron chi connectivity index (χ4n) is 3.05. The molecule has 0 bridgehead atoms. The maximum Gasteiger partial charge on any atom is 0.495 e. The van der Waals surface area contributed by atoms with Gasteiger partial charge in [-0.2, -0.15) is 0 Å². The molecule has 1 aliphatic rings. The number of nitrogens with zero attached hydrogens (tertiary/aromatic N) is 1. The third-order valence-electron chi connectivity index (χ3n) is 5.57. The van der Waals surface area contributed by atoms with Crippen molar-refractivity contribution in [1.82, 2.24) is 4.98 Å². The number of hydrogen-bond acceptors (Lipinski definition) is 9. The zero-order valence-electron chi connectivity index (χ0n) is 18.8. The monoisotopic (exact) mass is 441 g/mol. The standard InChI is InChI=1S/C22H24BNO8/c1-21(2)22(3,4)32-23(31-21)16-9-7-14(11-13(16)12-25)30-17-10-8-15(19(26)28-5)18(24-17)20(27)29-6/h7-12H,1-6H3. The van der Waals surface area contributed by atoms with E-state index in [2.05, 4.69) is 14.5 Å². The van der Waals surface area contributed by atoms with Crippen LogP contribution in [0, 0.1) is 0 Å². The maximum atomic E-state index is 12.0. The Hall–Kier alpha value is -3.24. The Morgan fingerprint density at radius 2 is 1.59 bits per heavy atom. The van der Waals surface area contributed by atoms with Gasteiger partial charge in [-0.25, -0.2) is 14.6 Å². The fraction of sp³-hybridized carbons (Fsp3) is 0.364. The molecular formula is C22H24BNO8. The van der Waals surface area contributed by atoms with E-state index in [0.29, 0.717) is 23.1 Å². The zero-order chi connectivity index (χ0) is 23.7. The summed E-state index contributed by atoms with van der Waals surface area (Å²) in [7, 11) is 1.65. The summed E-state index contributed by atoms with van der Waals surface area (Å²) >= 11 is 0. The van der Waals surface area contributed by atoms with Gasteiger partial charge in [-0.05, 0) is 51.4 Å². The molecule has 0 aliphatic carbocycles. The third-order valence-corrected chi connectivity index (χ3v) is 5.57. The molecule has 1 aliphatic heterocycles. The number of aldehydes is 1. The molecule has 10 heteroatoms. The Morgan fingerprint density at radius 3 is 2.16 bits per heavy atom. The summed E-state index contributed by atoms with van der Waals surface area (Å²) in [6, 6.07) is 7.56. The number of ether oxygens (including phenoxy) is 3. The van der Waals surface area contributed by atoms with E-state index in [4.69, 9.17) is 14.0 Å². The normalized spacial score (nSPS) is 16.4. The predicted octanol–water partition coefficient (Wildman–Crippen LogP) is 2.56. The van der Waals surface area contributed by atoms with Gasteiger partial charge in [0.2, 0.25) is 5.88 Å². The van der Waals surface area contributed by atoms with Gasteiger partial charge in [0, 0.05) is 11.6 Å². The lowest BCUT2D eigenvalue weighted by molar-refractivity contribution is 0.00578. The van der Waals surface area contributed by atoms with Gasteiger partial charge < -0.3 is 23.5 Å². The highest BCUT2D eigenvalue weighted by atomic mass is 16.7. The van der Waals surface area contributed by atoms with Crippen LogP contribution in [-0.4, -0.2) is 55.7 Å².